The Bertz CT molecular complexity index is 552. The van der Waals surface area contributed by atoms with Crippen LogP contribution in [0.5, 0.6) is 0 Å². The number of rotatable bonds is 4. The van der Waals surface area contributed by atoms with E-state index in [9.17, 15) is 0 Å². The number of likely N-dealkylation sites (N-methyl/N-ethyl adjacent to an activating group) is 1. The van der Waals surface area contributed by atoms with Gasteiger partial charge in [-0.05, 0) is 25.1 Å². The number of hydrogen-bond donors (Lipinski definition) is 1. The van der Waals surface area contributed by atoms with Crippen molar-refractivity contribution in [2.75, 3.05) is 18.1 Å². The zero-order valence-electron chi connectivity index (χ0n) is 11.0. The van der Waals surface area contributed by atoms with Gasteiger partial charge in [0.05, 0.1) is 12.2 Å². The van der Waals surface area contributed by atoms with Crippen molar-refractivity contribution in [3.05, 3.63) is 23.8 Å². The molecule has 0 amide bonds. The third-order valence-electron chi connectivity index (χ3n) is 3.37. The molecule has 102 valence electrons. The summed E-state index contributed by atoms with van der Waals surface area (Å²) >= 11 is 1.92. The molecular formula is C13H17N3O2S. The van der Waals surface area contributed by atoms with Gasteiger partial charge in [0.25, 0.3) is 0 Å². The van der Waals surface area contributed by atoms with E-state index in [4.69, 9.17) is 8.94 Å². The van der Waals surface area contributed by atoms with Crippen LogP contribution in [-0.4, -0.2) is 34.2 Å². The van der Waals surface area contributed by atoms with E-state index < -0.39 is 0 Å². The van der Waals surface area contributed by atoms with E-state index in [2.05, 4.69) is 22.4 Å². The lowest BCUT2D eigenvalue weighted by molar-refractivity contribution is 0.340. The SMILES string of the molecule is CCNC1CSCC1c1nc(-c2occc2C)no1. The Kier molecular flexibility index (Phi) is 3.61. The quantitative estimate of drug-likeness (QED) is 0.927. The molecule has 0 spiro atoms. The number of nitrogens with zero attached hydrogens (tertiary/aromatic N) is 2. The molecule has 0 bridgehead atoms. The first-order valence-electron chi connectivity index (χ1n) is 6.48. The Balaban J connectivity index is 1.83. The van der Waals surface area contributed by atoms with Gasteiger partial charge in [-0.2, -0.15) is 16.7 Å². The van der Waals surface area contributed by atoms with E-state index in [1.807, 2.05) is 24.8 Å². The maximum absolute atomic E-state index is 5.43. The Morgan fingerprint density at radius 3 is 3.11 bits per heavy atom. The van der Waals surface area contributed by atoms with Crippen molar-refractivity contribution < 1.29 is 8.94 Å². The normalized spacial score (nSPS) is 23.1. The zero-order valence-corrected chi connectivity index (χ0v) is 11.9. The van der Waals surface area contributed by atoms with Crippen LogP contribution in [0.3, 0.4) is 0 Å². The van der Waals surface area contributed by atoms with Crippen LogP contribution in [-0.2, 0) is 0 Å². The molecule has 1 saturated heterocycles. The molecular weight excluding hydrogens is 262 g/mol. The molecule has 3 heterocycles. The average molecular weight is 279 g/mol. The van der Waals surface area contributed by atoms with E-state index in [0.717, 1.165) is 23.6 Å². The molecule has 2 unspecified atom stereocenters. The summed E-state index contributed by atoms with van der Waals surface area (Å²) in [5.41, 5.74) is 1.02. The lowest BCUT2D eigenvalue weighted by Gasteiger charge is -2.15. The van der Waals surface area contributed by atoms with Gasteiger partial charge in [0.2, 0.25) is 11.7 Å². The van der Waals surface area contributed by atoms with Crippen molar-refractivity contribution in [1.82, 2.24) is 15.5 Å². The smallest absolute Gasteiger partial charge is 0.238 e. The van der Waals surface area contributed by atoms with Crippen molar-refractivity contribution in [3.8, 4) is 11.6 Å². The largest absolute Gasteiger partial charge is 0.461 e. The minimum atomic E-state index is 0.293. The predicted octanol–water partition coefficient (Wildman–Crippen LogP) is 2.45. The van der Waals surface area contributed by atoms with Crippen LogP contribution in [0.2, 0.25) is 0 Å². The van der Waals surface area contributed by atoms with Crippen molar-refractivity contribution in [2.45, 2.75) is 25.8 Å². The fourth-order valence-electron chi connectivity index (χ4n) is 2.34. The van der Waals surface area contributed by atoms with Gasteiger partial charge in [0.1, 0.15) is 0 Å². The van der Waals surface area contributed by atoms with Crippen LogP contribution in [0, 0.1) is 6.92 Å². The Morgan fingerprint density at radius 1 is 1.47 bits per heavy atom. The molecule has 1 fully saturated rings. The maximum Gasteiger partial charge on any atom is 0.238 e. The number of nitrogens with one attached hydrogen (secondary N) is 1. The monoisotopic (exact) mass is 279 g/mol. The van der Waals surface area contributed by atoms with Crippen LogP contribution in [0.1, 0.15) is 24.3 Å². The molecule has 19 heavy (non-hydrogen) atoms. The van der Waals surface area contributed by atoms with E-state index in [1.54, 1.807) is 6.26 Å². The molecule has 2 aromatic rings. The highest BCUT2D eigenvalue weighted by Crippen LogP contribution is 2.33. The van der Waals surface area contributed by atoms with Crippen LogP contribution < -0.4 is 5.32 Å². The molecule has 2 atom stereocenters. The summed E-state index contributed by atoms with van der Waals surface area (Å²) in [6, 6.07) is 2.32. The maximum atomic E-state index is 5.43. The fraction of sp³-hybridized carbons (Fsp3) is 0.538. The van der Waals surface area contributed by atoms with Gasteiger partial charge in [-0.1, -0.05) is 12.1 Å². The van der Waals surface area contributed by atoms with Gasteiger partial charge in [0.15, 0.2) is 5.76 Å². The predicted molar refractivity (Wildman–Crippen MR) is 74.3 cm³/mol. The van der Waals surface area contributed by atoms with Gasteiger partial charge in [-0.3, -0.25) is 0 Å². The molecule has 0 saturated carbocycles. The van der Waals surface area contributed by atoms with Crippen molar-refractivity contribution >= 4 is 11.8 Å². The molecule has 0 radical (unpaired) electrons. The van der Waals surface area contributed by atoms with Crippen LogP contribution >= 0.6 is 11.8 Å². The summed E-state index contributed by atoms with van der Waals surface area (Å²) in [6.07, 6.45) is 1.65. The fourth-order valence-corrected chi connectivity index (χ4v) is 3.71. The Hall–Kier alpha value is -1.27. The molecule has 1 N–H and O–H groups in total. The highest BCUT2D eigenvalue weighted by molar-refractivity contribution is 7.99. The van der Waals surface area contributed by atoms with Crippen LogP contribution in [0.25, 0.3) is 11.6 Å². The van der Waals surface area contributed by atoms with Crippen molar-refractivity contribution in [3.63, 3.8) is 0 Å². The lowest BCUT2D eigenvalue weighted by Crippen LogP contribution is -2.34. The number of hydrogen-bond acceptors (Lipinski definition) is 6. The summed E-state index contributed by atoms with van der Waals surface area (Å²) in [7, 11) is 0. The molecule has 1 aliphatic heterocycles. The molecule has 1 aliphatic rings. The second-order valence-electron chi connectivity index (χ2n) is 4.70. The number of furan rings is 1. The first-order valence-corrected chi connectivity index (χ1v) is 7.64. The molecule has 3 rings (SSSR count). The zero-order chi connectivity index (χ0) is 13.2. The molecule has 6 heteroatoms. The highest BCUT2D eigenvalue weighted by atomic mass is 32.2. The van der Waals surface area contributed by atoms with Gasteiger partial charge in [-0.25, -0.2) is 0 Å². The van der Waals surface area contributed by atoms with Gasteiger partial charge < -0.3 is 14.3 Å². The van der Waals surface area contributed by atoms with Gasteiger partial charge in [-0.15, -0.1) is 0 Å². The topological polar surface area (TPSA) is 64.1 Å². The van der Waals surface area contributed by atoms with Crippen LogP contribution in [0.15, 0.2) is 21.3 Å². The average Bonchev–Trinajstić information content (AvgIpc) is 3.08. The summed E-state index contributed by atoms with van der Waals surface area (Å²) in [6.45, 7) is 5.05. The summed E-state index contributed by atoms with van der Waals surface area (Å²) in [4.78, 5) is 4.50. The first-order chi connectivity index (χ1) is 9.29. The van der Waals surface area contributed by atoms with Crippen molar-refractivity contribution in [1.29, 1.82) is 0 Å². The second kappa shape index (κ2) is 5.38. The summed E-state index contributed by atoms with van der Waals surface area (Å²) < 4.78 is 10.8. The molecule has 2 aromatic heterocycles. The minimum absolute atomic E-state index is 0.293. The highest BCUT2D eigenvalue weighted by Gasteiger charge is 2.33. The third-order valence-corrected chi connectivity index (χ3v) is 4.56. The van der Waals surface area contributed by atoms with Crippen molar-refractivity contribution in [2.24, 2.45) is 0 Å². The number of aromatic nitrogens is 2. The lowest BCUT2D eigenvalue weighted by atomic mass is 10.0. The standard InChI is InChI=1S/C13H17N3O2S/c1-3-14-10-7-19-6-9(10)13-15-12(16-18-13)11-8(2)4-5-17-11/h4-5,9-10,14H,3,6-7H2,1-2H3. The second-order valence-corrected chi connectivity index (χ2v) is 5.77. The summed E-state index contributed by atoms with van der Waals surface area (Å²) in [5.74, 6) is 4.36. The first kappa shape index (κ1) is 12.7. The van der Waals surface area contributed by atoms with E-state index in [0.29, 0.717) is 29.4 Å². The third kappa shape index (κ3) is 2.42. The minimum Gasteiger partial charge on any atom is -0.461 e. The van der Waals surface area contributed by atoms with E-state index >= 15 is 0 Å². The number of aryl methyl sites for hydroxylation is 1. The number of thioether (sulfide) groups is 1. The van der Waals surface area contributed by atoms with E-state index in [1.165, 1.54) is 0 Å². The summed E-state index contributed by atoms with van der Waals surface area (Å²) in [5, 5.41) is 7.52. The van der Waals surface area contributed by atoms with Gasteiger partial charge >= 0.3 is 0 Å². The Labute approximate surface area is 116 Å². The Morgan fingerprint density at radius 2 is 2.37 bits per heavy atom. The molecule has 0 aliphatic carbocycles. The molecule has 0 aromatic carbocycles. The van der Waals surface area contributed by atoms with E-state index in [-0.39, 0.29) is 0 Å². The molecule has 5 nitrogen and oxygen atoms in total. The van der Waals surface area contributed by atoms with Crippen LogP contribution in [0.4, 0.5) is 0 Å². The van der Waals surface area contributed by atoms with Gasteiger partial charge in [0, 0.05) is 17.5 Å².